The van der Waals surface area contributed by atoms with Crippen LogP contribution < -0.4 is 14.5 Å². The second-order valence-corrected chi connectivity index (χ2v) is 10.8. The average molecular weight is 569 g/mol. The lowest BCUT2D eigenvalue weighted by molar-refractivity contribution is -0.137. The first kappa shape index (κ1) is 28.7. The highest BCUT2D eigenvalue weighted by molar-refractivity contribution is 7.92. The molecule has 1 aliphatic heterocycles. The third kappa shape index (κ3) is 7.64. The fourth-order valence-electron chi connectivity index (χ4n) is 3.80. The Hall–Kier alpha value is -4.29. The zero-order valence-corrected chi connectivity index (χ0v) is 22.6. The van der Waals surface area contributed by atoms with Gasteiger partial charge in [0.15, 0.2) is 6.61 Å². The van der Waals surface area contributed by atoms with E-state index in [1.807, 2.05) is 6.92 Å². The first-order valence-electron chi connectivity index (χ1n) is 12.5. The zero-order chi connectivity index (χ0) is 28.5. The van der Waals surface area contributed by atoms with E-state index in [-0.39, 0.29) is 23.1 Å². The molecule has 0 bridgehead atoms. The van der Waals surface area contributed by atoms with Gasteiger partial charge in [0.05, 0.1) is 30.0 Å². The molecule has 0 atom stereocenters. The number of anilines is 1. The molecule has 0 aromatic heterocycles. The number of ether oxygens (including phenoxy) is 2. The number of hydrazone groups is 1. The summed E-state index contributed by atoms with van der Waals surface area (Å²) in [5, 5.41) is 3.91. The normalized spacial score (nSPS) is 13.7. The van der Waals surface area contributed by atoms with Gasteiger partial charge >= 0.3 is 0 Å². The minimum absolute atomic E-state index is 0.00678. The molecule has 0 radical (unpaired) electrons. The Labute approximate surface area is 232 Å². The number of sulfonamides is 1. The van der Waals surface area contributed by atoms with Crippen LogP contribution in [0.3, 0.4) is 0 Å². The van der Waals surface area contributed by atoms with Crippen LogP contribution in [0.2, 0.25) is 0 Å². The van der Waals surface area contributed by atoms with Gasteiger partial charge in [0.1, 0.15) is 18.1 Å². The Kier molecular flexibility index (Phi) is 9.46. The Morgan fingerprint density at radius 2 is 1.68 bits per heavy atom. The summed E-state index contributed by atoms with van der Waals surface area (Å²) in [4.78, 5) is 26.6. The second-order valence-electron chi connectivity index (χ2n) is 8.95. The number of amides is 2. The van der Waals surface area contributed by atoms with Crippen LogP contribution in [0.5, 0.6) is 5.75 Å². The monoisotopic (exact) mass is 568 g/mol. The van der Waals surface area contributed by atoms with Gasteiger partial charge in [-0.05, 0) is 73.2 Å². The van der Waals surface area contributed by atoms with E-state index >= 15 is 0 Å². The lowest BCUT2D eigenvalue weighted by Crippen LogP contribution is -2.42. The van der Waals surface area contributed by atoms with Crippen molar-refractivity contribution in [3.8, 4) is 5.75 Å². The minimum atomic E-state index is -4.13. The van der Waals surface area contributed by atoms with Crippen molar-refractivity contribution < 1.29 is 31.9 Å². The van der Waals surface area contributed by atoms with E-state index in [2.05, 4.69) is 10.5 Å². The molecule has 3 aromatic rings. The molecular weight excluding hydrogens is 539 g/mol. The maximum absolute atomic E-state index is 13.5. The molecule has 12 heteroatoms. The number of benzene rings is 3. The van der Waals surface area contributed by atoms with Gasteiger partial charge in [-0.2, -0.15) is 5.10 Å². The molecule has 4 rings (SSSR count). The van der Waals surface area contributed by atoms with Crippen molar-refractivity contribution >= 4 is 33.7 Å². The number of nitrogens with one attached hydrogen (secondary N) is 1. The third-order valence-corrected chi connectivity index (χ3v) is 7.81. The molecule has 0 saturated carbocycles. The zero-order valence-electron chi connectivity index (χ0n) is 21.8. The smallest absolute Gasteiger partial charge is 0.264 e. The molecule has 0 spiro atoms. The summed E-state index contributed by atoms with van der Waals surface area (Å²) in [7, 11) is -4.13. The van der Waals surface area contributed by atoms with Crippen molar-refractivity contribution in [3.05, 3.63) is 89.7 Å². The molecule has 210 valence electrons. The summed E-state index contributed by atoms with van der Waals surface area (Å²) in [5.74, 6) is -0.849. The van der Waals surface area contributed by atoms with Crippen molar-refractivity contribution in [1.82, 2.24) is 10.3 Å². The van der Waals surface area contributed by atoms with Crippen molar-refractivity contribution in [2.75, 3.05) is 43.8 Å². The quantitative estimate of drug-likeness (QED) is 0.297. The maximum atomic E-state index is 13.5. The van der Waals surface area contributed by atoms with Crippen LogP contribution in [-0.2, 0) is 24.3 Å². The maximum Gasteiger partial charge on any atom is 0.264 e. The second kappa shape index (κ2) is 13.2. The first-order chi connectivity index (χ1) is 19.2. The summed E-state index contributed by atoms with van der Waals surface area (Å²) in [5.41, 5.74) is 3.96. The number of hydrogen-bond donors (Lipinski definition) is 1. The number of carbonyl (C=O) groups is 2. The Balaban J connectivity index is 1.36. The van der Waals surface area contributed by atoms with Crippen molar-refractivity contribution in [1.29, 1.82) is 0 Å². The summed E-state index contributed by atoms with van der Waals surface area (Å²) < 4.78 is 51.9. The van der Waals surface area contributed by atoms with Gasteiger partial charge in [0.25, 0.3) is 21.8 Å². The Bertz CT molecular complexity index is 1440. The summed E-state index contributed by atoms with van der Waals surface area (Å²) in [6, 6.07) is 17.7. The van der Waals surface area contributed by atoms with Gasteiger partial charge in [-0.1, -0.05) is 17.7 Å². The highest BCUT2D eigenvalue weighted by atomic mass is 32.2. The van der Waals surface area contributed by atoms with E-state index in [1.54, 1.807) is 41.3 Å². The predicted molar refractivity (Wildman–Crippen MR) is 147 cm³/mol. The summed E-state index contributed by atoms with van der Waals surface area (Å²) in [6.45, 7) is 3.29. The highest BCUT2D eigenvalue weighted by Gasteiger charge is 2.27. The molecule has 1 N–H and O–H groups in total. The van der Waals surface area contributed by atoms with Crippen LogP contribution in [0.15, 0.2) is 82.8 Å². The Morgan fingerprint density at radius 3 is 2.33 bits per heavy atom. The topological polar surface area (TPSA) is 118 Å². The number of nitrogens with zero attached hydrogens (tertiary/aromatic N) is 3. The van der Waals surface area contributed by atoms with Crippen molar-refractivity contribution in [2.45, 2.75) is 11.8 Å². The van der Waals surface area contributed by atoms with E-state index in [0.717, 1.165) is 22.0 Å². The number of hydrogen-bond acceptors (Lipinski definition) is 7. The van der Waals surface area contributed by atoms with E-state index in [4.69, 9.17) is 9.47 Å². The first-order valence-corrected chi connectivity index (χ1v) is 13.9. The molecule has 3 aromatic carbocycles. The van der Waals surface area contributed by atoms with Crippen LogP contribution in [-0.4, -0.2) is 70.8 Å². The number of halogens is 1. The van der Waals surface area contributed by atoms with Gasteiger partial charge in [0.2, 0.25) is 0 Å². The van der Waals surface area contributed by atoms with Crippen LogP contribution in [0.1, 0.15) is 11.1 Å². The Morgan fingerprint density at radius 1 is 1.02 bits per heavy atom. The molecule has 10 nitrogen and oxygen atoms in total. The molecule has 1 saturated heterocycles. The summed E-state index contributed by atoms with van der Waals surface area (Å²) in [6.07, 6.45) is 1.39. The fourth-order valence-corrected chi connectivity index (χ4v) is 5.22. The van der Waals surface area contributed by atoms with Crippen LogP contribution in [0, 0.1) is 12.7 Å². The molecule has 1 aliphatic rings. The molecule has 2 amide bonds. The van der Waals surface area contributed by atoms with E-state index in [0.29, 0.717) is 37.6 Å². The molecule has 40 heavy (non-hydrogen) atoms. The number of aryl methyl sites for hydroxylation is 1. The molecule has 1 fully saturated rings. The van der Waals surface area contributed by atoms with Gasteiger partial charge in [0, 0.05) is 13.1 Å². The molecule has 1 heterocycles. The van der Waals surface area contributed by atoms with Gasteiger partial charge in [-0.3, -0.25) is 13.9 Å². The number of rotatable bonds is 10. The molecule has 0 aliphatic carbocycles. The van der Waals surface area contributed by atoms with E-state index in [9.17, 15) is 22.4 Å². The average Bonchev–Trinajstić information content (AvgIpc) is 2.96. The third-order valence-electron chi connectivity index (χ3n) is 6.02. The van der Waals surface area contributed by atoms with Crippen molar-refractivity contribution in [2.24, 2.45) is 5.10 Å². The van der Waals surface area contributed by atoms with Crippen LogP contribution >= 0.6 is 0 Å². The van der Waals surface area contributed by atoms with E-state index < -0.39 is 28.3 Å². The molecule has 0 unspecified atom stereocenters. The highest BCUT2D eigenvalue weighted by Crippen LogP contribution is 2.24. The number of carbonyl (C=O) groups excluding carboxylic acids is 2. The lowest BCUT2D eigenvalue weighted by Gasteiger charge is -2.26. The lowest BCUT2D eigenvalue weighted by atomic mass is 10.2. The van der Waals surface area contributed by atoms with Gasteiger partial charge in [-0.15, -0.1) is 0 Å². The number of morpholine rings is 1. The van der Waals surface area contributed by atoms with Gasteiger partial charge < -0.3 is 14.4 Å². The fraction of sp³-hybridized carbons (Fsp3) is 0.250. The van der Waals surface area contributed by atoms with Crippen LogP contribution in [0.4, 0.5) is 10.1 Å². The standard InChI is InChI=1S/C28H29FN4O6S/c1-21-2-12-26(13-3-21)40(36,37)33(24-8-6-23(29)7-9-24)19-27(34)31-30-18-22-4-10-25(11-5-22)39-20-28(35)32-14-16-38-17-15-32/h2-13,18H,14-17,19-20H2,1H3,(H,31,34)/b30-18-. The van der Waals surface area contributed by atoms with E-state index in [1.165, 1.54) is 30.5 Å². The van der Waals surface area contributed by atoms with Gasteiger partial charge in [-0.25, -0.2) is 18.2 Å². The predicted octanol–water partition coefficient (Wildman–Crippen LogP) is 2.72. The minimum Gasteiger partial charge on any atom is -0.484 e. The molecular formula is C28H29FN4O6S. The van der Waals surface area contributed by atoms with Crippen molar-refractivity contribution in [3.63, 3.8) is 0 Å². The largest absolute Gasteiger partial charge is 0.484 e. The summed E-state index contributed by atoms with van der Waals surface area (Å²) >= 11 is 0. The SMILES string of the molecule is Cc1ccc(S(=O)(=O)N(CC(=O)N/N=C\c2ccc(OCC(=O)N3CCOCC3)cc2)c2ccc(F)cc2)cc1. The van der Waals surface area contributed by atoms with Crippen LogP contribution in [0.25, 0.3) is 0 Å².